The van der Waals surface area contributed by atoms with Gasteiger partial charge in [0.25, 0.3) is 5.56 Å². The molecule has 28 heavy (non-hydrogen) atoms. The zero-order valence-corrected chi connectivity index (χ0v) is 17.2. The summed E-state index contributed by atoms with van der Waals surface area (Å²) in [6, 6.07) is 5.86. The van der Waals surface area contributed by atoms with Gasteiger partial charge < -0.3 is 15.5 Å². The largest absolute Gasteiger partial charge is 0.486 e. The van der Waals surface area contributed by atoms with Gasteiger partial charge in [0.05, 0.1) is 5.02 Å². The number of pyridine rings is 1. The van der Waals surface area contributed by atoms with Crippen molar-refractivity contribution in [2.24, 2.45) is 23.0 Å². The van der Waals surface area contributed by atoms with Crippen molar-refractivity contribution in [3.8, 4) is 5.75 Å². The van der Waals surface area contributed by atoms with E-state index in [4.69, 9.17) is 22.1 Å². The van der Waals surface area contributed by atoms with Crippen molar-refractivity contribution in [2.75, 3.05) is 0 Å². The molecule has 0 saturated heterocycles. The highest BCUT2D eigenvalue weighted by atomic mass is 35.5. The van der Waals surface area contributed by atoms with Gasteiger partial charge in [-0.3, -0.25) is 4.79 Å². The fourth-order valence-electron chi connectivity index (χ4n) is 5.48. The third kappa shape index (κ3) is 3.15. The van der Waals surface area contributed by atoms with E-state index in [-0.39, 0.29) is 11.2 Å². The van der Waals surface area contributed by atoms with Crippen molar-refractivity contribution in [2.45, 2.75) is 69.9 Å². The highest BCUT2D eigenvalue weighted by molar-refractivity contribution is 6.32. The van der Waals surface area contributed by atoms with E-state index in [1.807, 2.05) is 12.1 Å². The Bertz CT molecular complexity index is 953. The van der Waals surface area contributed by atoms with E-state index < -0.39 is 0 Å². The molecule has 1 aromatic carbocycles. The molecule has 1 aromatic heterocycles. The zero-order valence-electron chi connectivity index (χ0n) is 16.5. The number of ether oxygens (including phenoxy) is 1. The Morgan fingerprint density at radius 1 is 1.18 bits per heavy atom. The summed E-state index contributed by atoms with van der Waals surface area (Å²) < 4.78 is 6.49. The molecule has 150 valence electrons. The Hall–Kier alpha value is -1.52. The van der Waals surface area contributed by atoms with Crippen molar-refractivity contribution >= 4 is 22.4 Å². The van der Waals surface area contributed by atoms with Crippen LogP contribution in [-0.2, 0) is 0 Å². The Balaban J connectivity index is 1.37. The maximum atomic E-state index is 12.0. The lowest BCUT2D eigenvalue weighted by atomic mass is 9.61. The van der Waals surface area contributed by atoms with Gasteiger partial charge in [-0.05, 0) is 99.1 Å². The highest BCUT2D eigenvalue weighted by Gasteiger charge is 2.55. The summed E-state index contributed by atoms with van der Waals surface area (Å²) >= 11 is 6.48. The van der Waals surface area contributed by atoms with E-state index in [1.165, 1.54) is 25.7 Å². The van der Waals surface area contributed by atoms with Crippen LogP contribution in [-0.4, -0.2) is 16.6 Å². The fourth-order valence-corrected chi connectivity index (χ4v) is 5.68. The first-order chi connectivity index (χ1) is 13.4. The highest BCUT2D eigenvalue weighted by Crippen LogP contribution is 2.60. The molecule has 0 bridgehead atoms. The quantitative estimate of drug-likeness (QED) is 0.739. The lowest BCUT2D eigenvalue weighted by Gasteiger charge is -2.48. The van der Waals surface area contributed by atoms with Gasteiger partial charge in [-0.2, -0.15) is 0 Å². The first kappa shape index (κ1) is 18.5. The number of hydrogen-bond donors (Lipinski definition) is 2. The van der Waals surface area contributed by atoms with Crippen LogP contribution in [0.1, 0.15) is 58.3 Å². The number of aromatic amines is 1. The molecule has 5 rings (SSSR count). The summed E-state index contributed by atoms with van der Waals surface area (Å²) in [5.41, 5.74) is 6.74. The molecule has 0 radical (unpaired) electrons. The molecule has 3 saturated carbocycles. The van der Waals surface area contributed by atoms with Crippen molar-refractivity contribution in [3.05, 3.63) is 39.8 Å². The SMILES string of the molecule is CC1(Oc2cc3cc[nH]c(=O)c3cc2Cl)CCC(C2CC2)([C@H](N)C2CC2)CC1. The Morgan fingerprint density at radius 3 is 2.54 bits per heavy atom. The molecule has 3 aliphatic rings. The smallest absolute Gasteiger partial charge is 0.255 e. The summed E-state index contributed by atoms with van der Waals surface area (Å²) in [5.74, 6) is 2.25. The molecule has 5 heteroatoms. The van der Waals surface area contributed by atoms with E-state index in [1.54, 1.807) is 12.3 Å². The third-order valence-corrected chi connectivity index (χ3v) is 7.90. The summed E-state index contributed by atoms with van der Waals surface area (Å²) in [6.07, 6.45) is 11.3. The van der Waals surface area contributed by atoms with Crippen LogP contribution in [0.2, 0.25) is 5.02 Å². The van der Waals surface area contributed by atoms with Crippen molar-refractivity contribution < 1.29 is 4.74 Å². The van der Waals surface area contributed by atoms with Crippen LogP contribution in [0.3, 0.4) is 0 Å². The van der Waals surface area contributed by atoms with Crippen molar-refractivity contribution in [1.82, 2.24) is 4.98 Å². The van der Waals surface area contributed by atoms with Crippen LogP contribution in [0, 0.1) is 17.3 Å². The van der Waals surface area contributed by atoms with E-state index in [2.05, 4.69) is 11.9 Å². The summed E-state index contributed by atoms with van der Waals surface area (Å²) in [5, 5.41) is 1.95. The predicted molar refractivity (Wildman–Crippen MR) is 113 cm³/mol. The predicted octanol–water partition coefficient (Wildman–Crippen LogP) is 5.03. The minimum atomic E-state index is -0.236. The minimum Gasteiger partial charge on any atom is -0.486 e. The number of aromatic nitrogens is 1. The maximum absolute atomic E-state index is 12.0. The Kier molecular flexibility index (Phi) is 4.29. The standard InChI is InChI=1S/C23H29ClN2O2/c1-22(28-19-12-15-6-11-26-21(27)17(15)13-18(19)24)7-9-23(10-8-22,16-4-5-16)20(25)14-2-3-14/h6,11-14,16,20H,2-5,7-10,25H2,1H3,(H,26,27)/t20-,22?,23?/m1/s1. The van der Waals surface area contributed by atoms with Crippen LogP contribution < -0.4 is 16.0 Å². The van der Waals surface area contributed by atoms with Crippen molar-refractivity contribution in [3.63, 3.8) is 0 Å². The molecular formula is C23H29ClN2O2. The van der Waals surface area contributed by atoms with Crippen LogP contribution in [0.5, 0.6) is 5.75 Å². The van der Waals surface area contributed by atoms with E-state index in [0.29, 0.717) is 27.6 Å². The first-order valence-electron chi connectivity index (χ1n) is 10.7. The molecule has 0 amide bonds. The molecule has 3 fully saturated rings. The van der Waals surface area contributed by atoms with Gasteiger partial charge in [-0.1, -0.05) is 11.6 Å². The Labute approximate surface area is 170 Å². The number of halogens is 1. The molecule has 4 nitrogen and oxygen atoms in total. The first-order valence-corrected chi connectivity index (χ1v) is 11.0. The second kappa shape index (κ2) is 6.50. The van der Waals surface area contributed by atoms with E-state index in [0.717, 1.165) is 42.9 Å². The number of fused-ring (bicyclic) bond motifs is 1. The number of nitrogens with two attached hydrogens (primary N) is 1. The summed E-state index contributed by atoms with van der Waals surface area (Å²) in [6.45, 7) is 2.20. The molecular weight excluding hydrogens is 372 g/mol. The van der Waals surface area contributed by atoms with E-state index in [9.17, 15) is 4.79 Å². The van der Waals surface area contributed by atoms with Gasteiger partial charge in [0, 0.05) is 17.6 Å². The number of rotatable bonds is 5. The normalized spacial score (nSPS) is 31.7. The van der Waals surface area contributed by atoms with Crippen LogP contribution >= 0.6 is 11.6 Å². The Morgan fingerprint density at radius 2 is 1.89 bits per heavy atom. The van der Waals surface area contributed by atoms with Crippen LogP contribution in [0.4, 0.5) is 0 Å². The third-order valence-electron chi connectivity index (χ3n) is 7.61. The van der Waals surface area contributed by atoms with Gasteiger partial charge in [0.1, 0.15) is 11.4 Å². The van der Waals surface area contributed by atoms with E-state index >= 15 is 0 Å². The zero-order chi connectivity index (χ0) is 19.5. The summed E-state index contributed by atoms with van der Waals surface area (Å²) in [7, 11) is 0. The average Bonchev–Trinajstić information content (AvgIpc) is 3.56. The van der Waals surface area contributed by atoms with Crippen LogP contribution in [0.25, 0.3) is 10.8 Å². The average molecular weight is 401 g/mol. The monoisotopic (exact) mass is 400 g/mol. The molecule has 3 N–H and O–H groups in total. The van der Waals surface area contributed by atoms with Gasteiger partial charge >= 0.3 is 0 Å². The maximum Gasteiger partial charge on any atom is 0.255 e. The second-order valence-corrected chi connectivity index (χ2v) is 10.0. The molecule has 3 aliphatic carbocycles. The number of benzene rings is 1. The number of nitrogens with one attached hydrogen (secondary N) is 1. The minimum absolute atomic E-state index is 0.127. The van der Waals surface area contributed by atoms with Gasteiger partial charge in [0.15, 0.2) is 0 Å². The molecule has 0 unspecified atom stereocenters. The lowest BCUT2D eigenvalue weighted by molar-refractivity contribution is -0.0207. The van der Waals surface area contributed by atoms with Crippen molar-refractivity contribution in [1.29, 1.82) is 0 Å². The second-order valence-electron chi connectivity index (χ2n) is 9.60. The molecule has 2 aromatic rings. The topological polar surface area (TPSA) is 68.1 Å². The van der Waals surface area contributed by atoms with Gasteiger partial charge in [0.2, 0.25) is 0 Å². The number of hydrogen-bond acceptors (Lipinski definition) is 3. The fraction of sp³-hybridized carbons (Fsp3) is 0.609. The van der Waals surface area contributed by atoms with Gasteiger partial charge in [-0.25, -0.2) is 0 Å². The van der Waals surface area contributed by atoms with Crippen LogP contribution in [0.15, 0.2) is 29.2 Å². The lowest BCUT2D eigenvalue weighted by Crippen LogP contribution is -2.51. The summed E-state index contributed by atoms with van der Waals surface area (Å²) in [4.78, 5) is 14.7. The molecule has 0 aliphatic heterocycles. The molecule has 1 heterocycles. The molecule has 1 atom stereocenters. The molecule has 0 spiro atoms. The number of H-pyrrole nitrogens is 1. The van der Waals surface area contributed by atoms with Gasteiger partial charge in [-0.15, -0.1) is 0 Å².